The lowest BCUT2D eigenvalue weighted by Crippen LogP contribution is -2.43. The van der Waals surface area contributed by atoms with Gasteiger partial charge in [0.25, 0.3) is 0 Å². The summed E-state index contributed by atoms with van der Waals surface area (Å²) in [6.07, 6.45) is 2.10. The smallest absolute Gasteiger partial charge is 0.354 e. The lowest BCUT2D eigenvalue weighted by Gasteiger charge is -2.23. The Morgan fingerprint density at radius 3 is 2.68 bits per heavy atom. The molecule has 3 rings (SSSR count). The number of anilines is 1. The lowest BCUT2D eigenvalue weighted by atomic mass is 10.2. The van der Waals surface area contributed by atoms with E-state index in [1.54, 1.807) is 6.07 Å². The Hall–Kier alpha value is -2.72. The summed E-state index contributed by atoms with van der Waals surface area (Å²) in [5, 5.41) is 2.45. The molecule has 1 aliphatic rings. The summed E-state index contributed by atoms with van der Waals surface area (Å²) >= 11 is 0. The van der Waals surface area contributed by atoms with Gasteiger partial charge in [-0.1, -0.05) is 12.1 Å². The Morgan fingerprint density at radius 2 is 2.00 bits per heavy atom. The number of benzene rings is 1. The average molecular weight is 409 g/mol. The van der Waals surface area contributed by atoms with Crippen LogP contribution < -0.4 is 5.32 Å². The Labute approximate surface area is 161 Å². The van der Waals surface area contributed by atoms with Crippen molar-refractivity contribution in [2.24, 2.45) is 7.05 Å². The minimum absolute atomic E-state index is 0.00978. The number of nitrogens with one attached hydrogen (secondary N) is 1. The van der Waals surface area contributed by atoms with Crippen molar-refractivity contribution in [3.8, 4) is 0 Å². The van der Waals surface area contributed by atoms with Crippen LogP contribution in [0.25, 0.3) is 0 Å². The molecule has 2 aromatic rings. The summed E-state index contributed by atoms with van der Waals surface area (Å²) in [6.45, 7) is 0.153. The summed E-state index contributed by atoms with van der Waals surface area (Å²) in [5.74, 6) is -1.87. The predicted octanol–water partition coefficient (Wildman–Crippen LogP) is 1.74. The molecule has 1 N–H and O–H groups in total. The van der Waals surface area contributed by atoms with E-state index < -0.39 is 33.8 Å². The molecule has 1 aromatic carbocycles. The number of hydrogen-bond donors (Lipinski definition) is 1. The summed E-state index contributed by atoms with van der Waals surface area (Å²) in [6, 6.07) is 5.92. The number of aryl methyl sites for hydroxylation is 1. The van der Waals surface area contributed by atoms with E-state index in [9.17, 15) is 22.4 Å². The van der Waals surface area contributed by atoms with Crippen molar-refractivity contribution in [3.63, 3.8) is 0 Å². The van der Waals surface area contributed by atoms with Gasteiger partial charge in [-0.3, -0.25) is 4.79 Å². The zero-order valence-electron chi connectivity index (χ0n) is 15.4. The Morgan fingerprint density at radius 1 is 1.29 bits per heavy atom. The van der Waals surface area contributed by atoms with Gasteiger partial charge in [-0.25, -0.2) is 17.6 Å². The van der Waals surface area contributed by atoms with Crippen LogP contribution in [-0.4, -0.2) is 48.9 Å². The first-order valence-electron chi connectivity index (χ1n) is 8.57. The number of ether oxygens (including phenoxy) is 1. The quantitative estimate of drug-likeness (QED) is 0.759. The zero-order valence-corrected chi connectivity index (χ0v) is 16.2. The number of carbonyl (C=O) groups excluding carboxylic acids is 2. The Kier molecular flexibility index (Phi) is 5.52. The maximum absolute atomic E-state index is 13.8. The van der Waals surface area contributed by atoms with E-state index in [0.717, 1.165) is 4.31 Å². The molecular weight excluding hydrogens is 389 g/mol. The molecule has 0 bridgehead atoms. The first-order valence-corrected chi connectivity index (χ1v) is 10.0. The number of para-hydroxylation sites is 1. The van der Waals surface area contributed by atoms with E-state index in [1.165, 1.54) is 49.2 Å². The maximum atomic E-state index is 13.8. The fourth-order valence-electron chi connectivity index (χ4n) is 3.19. The van der Waals surface area contributed by atoms with Crippen LogP contribution in [-0.2, 0) is 26.6 Å². The number of carbonyl (C=O) groups is 2. The highest BCUT2D eigenvalue weighted by Gasteiger charge is 2.40. The maximum Gasteiger partial charge on any atom is 0.354 e. The van der Waals surface area contributed by atoms with Crippen LogP contribution in [0.15, 0.2) is 41.4 Å². The molecule has 1 atom stereocenters. The molecule has 10 heteroatoms. The molecule has 28 heavy (non-hydrogen) atoms. The van der Waals surface area contributed by atoms with Gasteiger partial charge in [-0.15, -0.1) is 0 Å². The summed E-state index contributed by atoms with van der Waals surface area (Å²) in [7, 11) is -1.30. The van der Waals surface area contributed by atoms with E-state index in [0.29, 0.717) is 12.8 Å². The monoisotopic (exact) mass is 409 g/mol. The number of methoxy groups -OCH3 is 1. The van der Waals surface area contributed by atoms with Crippen LogP contribution in [0.1, 0.15) is 23.3 Å². The van der Waals surface area contributed by atoms with Gasteiger partial charge < -0.3 is 14.6 Å². The minimum Gasteiger partial charge on any atom is -0.464 e. The van der Waals surface area contributed by atoms with Gasteiger partial charge in [0.05, 0.1) is 12.8 Å². The molecule has 1 aromatic heterocycles. The molecule has 8 nitrogen and oxygen atoms in total. The van der Waals surface area contributed by atoms with Crippen molar-refractivity contribution in [2.75, 3.05) is 19.0 Å². The zero-order chi connectivity index (χ0) is 20.5. The molecule has 0 radical (unpaired) electrons. The van der Waals surface area contributed by atoms with Crippen LogP contribution >= 0.6 is 0 Å². The first-order chi connectivity index (χ1) is 13.3. The van der Waals surface area contributed by atoms with E-state index in [4.69, 9.17) is 0 Å². The van der Waals surface area contributed by atoms with Crippen LogP contribution in [0, 0.1) is 5.82 Å². The van der Waals surface area contributed by atoms with Crippen molar-refractivity contribution < 1.29 is 27.1 Å². The second-order valence-corrected chi connectivity index (χ2v) is 8.30. The molecule has 1 saturated heterocycles. The Bertz CT molecular complexity index is 1020. The third kappa shape index (κ3) is 3.65. The van der Waals surface area contributed by atoms with Crippen molar-refractivity contribution in [2.45, 2.75) is 23.8 Å². The van der Waals surface area contributed by atoms with Crippen molar-refractivity contribution in [1.29, 1.82) is 0 Å². The van der Waals surface area contributed by atoms with Gasteiger partial charge in [-0.2, -0.15) is 4.31 Å². The number of halogens is 1. The molecular formula is C18H20FN3O5S. The van der Waals surface area contributed by atoms with Crippen molar-refractivity contribution >= 4 is 27.6 Å². The SMILES string of the molecule is COC(=O)c1cc(S(=O)(=O)N2CCCC2C(=O)Nc2ccccc2F)cn1C. The van der Waals surface area contributed by atoms with Gasteiger partial charge >= 0.3 is 5.97 Å². The molecule has 1 fully saturated rings. The highest BCUT2D eigenvalue weighted by atomic mass is 32.2. The van der Waals surface area contributed by atoms with E-state index in [1.807, 2.05) is 0 Å². The fourth-order valence-corrected chi connectivity index (χ4v) is 4.91. The summed E-state index contributed by atoms with van der Waals surface area (Å²) in [5.41, 5.74) is 0.0667. The van der Waals surface area contributed by atoms with Crippen LogP contribution in [0.2, 0.25) is 0 Å². The normalized spacial score (nSPS) is 17.5. The second kappa shape index (κ2) is 7.72. The Balaban J connectivity index is 1.86. The number of amides is 1. The topological polar surface area (TPSA) is 97.7 Å². The van der Waals surface area contributed by atoms with E-state index >= 15 is 0 Å². The van der Waals surface area contributed by atoms with Gasteiger partial charge in [0.15, 0.2) is 0 Å². The predicted molar refractivity (Wildman–Crippen MR) is 98.7 cm³/mol. The van der Waals surface area contributed by atoms with E-state index in [2.05, 4.69) is 10.1 Å². The van der Waals surface area contributed by atoms with Gasteiger partial charge in [-0.05, 0) is 31.0 Å². The molecule has 2 heterocycles. The number of aromatic nitrogens is 1. The second-order valence-electron chi connectivity index (χ2n) is 6.41. The van der Waals surface area contributed by atoms with Crippen LogP contribution in [0.5, 0.6) is 0 Å². The van der Waals surface area contributed by atoms with Gasteiger partial charge in [0, 0.05) is 19.8 Å². The highest BCUT2D eigenvalue weighted by molar-refractivity contribution is 7.89. The standard InChI is InChI=1S/C18H20FN3O5S/c1-21-11-12(10-16(21)18(24)27-2)28(25,26)22-9-5-8-15(22)17(23)20-14-7-4-3-6-13(14)19/h3-4,6-7,10-11,15H,5,8-9H2,1-2H3,(H,20,23). The lowest BCUT2D eigenvalue weighted by molar-refractivity contribution is -0.119. The highest BCUT2D eigenvalue weighted by Crippen LogP contribution is 2.28. The molecule has 1 unspecified atom stereocenters. The third-order valence-corrected chi connectivity index (χ3v) is 6.49. The average Bonchev–Trinajstić information content (AvgIpc) is 3.30. The van der Waals surface area contributed by atoms with Crippen LogP contribution in [0.4, 0.5) is 10.1 Å². The van der Waals surface area contributed by atoms with Crippen LogP contribution in [0.3, 0.4) is 0 Å². The van der Waals surface area contributed by atoms with Gasteiger partial charge in [0.2, 0.25) is 15.9 Å². The molecule has 0 saturated carbocycles. The number of nitrogens with zero attached hydrogens (tertiary/aromatic N) is 2. The number of sulfonamides is 1. The molecule has 0 aliphatic carbocycles. The van der Waals surface area contributed by atoms with Gasteiger partial charge in [0.1, 0.15) is 22.4 Å². The summed E-state index contributed by atoms with van der Waals surface area (Å²) < 4.78 is 47.0. The number of rotatable bonds is 5. The minimum atomic E-state index is -4.03. The number of hydrogen-bond acceptors (Lipinski definition) is 5. The molecule has 1 amide bonds. The molecule has 1 aliphatic heterocycles. The molecule has 0 spiro atoms. The largest absolute Gasteiger partial charge is 0.464 e. The first kappa shape index (κ1) is 20.0. The number of esters is 1. The summed E-state index contributed by atoms with van der Waals surface area (Å²) in [4.78, 5) is 24.3. The van der Waals surface area contributed by atoms with Crippen molar-refractivity contribution in [3.05, 3.63) is 48.0 Å². The molecule has 150 valence electrons. The third-order valence-electron chi connectivity index (χ3n) is 4.62. The van der Waals surface area contributed by atoms with E-state index in [-0.39, 0.29) is 22.8 Å². The van der Waals surface area contributed by atoms with Crippen molar-refractivity contribution in [1.82, 2.24) is 8.87 Å². The fraction of sp³-hybridized carbons (Fsp3) is 0.333.